The molecule has 0 bridgehead atoms. The molecule has 1 atom stereocenters. The SMILES string of the molecule is NCC(O)CNc1nc(Nc2ccc(Cl)cc2)ncc1[N+](=O)[O-]. The van der Waals surface area contributed by atoms with Crippen LogP contribution in [0.15, 0.2) is 30.5 Å². The number of aliphatic hydroxyl groups excluding tert-OH is 1. The molecule has 0 aliphatic rings. The van der Waals surface area contributed by atoms with Crippen molar-refractivity contribution in [2.45, 2.75) is 6.10 Å². The Morgan fingerprint density at radius 2 is 2.09 bits per heavy atom. The van der Waals surface area contributed by atoms with Gasteiger partial charge in [0.1, 0.15) is 6.20 Å². The molecule has 0 saturated carbocycles. The normalized spacial score (nSPS) is 11.8. The zero-order chi connectivity index (χ0) is 16.8. The van der Waals surface area contributed by atoms with E-state index in [9.17, 15) is 15.2 Å². The second-order valence-corrected chi connectivity index (χ2v) is 5.02. The molecule has 5 N–H and O–H groups in total. The molecule has 10 heteroatoms. The van der Waals surface area contributed by atoms with E-state index in [2.05, 4.69) is 20.6 Å². The minimum Gasteiger partial charge on any atom is -0.390 e. The number of nitro groups is 1. The van der Waals surface area contributed by atoms with Gasteiger partial charge in [0.15, 0.2) is 0 Å². The van der Waals surface area contributed by atoms with Crippen LogP contribution in [0.2, 0.25) is 5.02 Å². The standard InChI is InChI=1S/C13H15ClN6O3/c14-8-1-3-9(4-2-8)18-13-17-7-11(20(22)23)12(19-13)16-6-10(21)5-15/h1-4,7,10,21H,5-6,15H2,(H2,16,17,18,19). The van der Waals surface area contributed by atoms with Crippen LogP contribution in [0.1, 0.15) is 0 Å². The van der Waals surface area contributed by atoms with Gasteiger partial charge in [0.2, 0.25) is 11.8 Å². The van der Waals surface area contributed by atoms with Crippen molar-refractivity contribution in [3.63, 3.8) is 0 Å². The minimum absolute atomic E-state index is 0.00559. The second kappa shape index (κ2) is 7.68. The predicted molar refractivity (Wildman–Crippen MR) is 87.0 cm³/mol. The lowest BCUT2D eigenvalue weighted by Gasteiger charge is -2.11. The Labute approximate surface area is 136 Å². The quantitative estimate of drug-likeness (QED) is 0.440. The van der Waals surface area contributed by atoms with Gasteiger partial charge >= 0.3 is 5.69 Å². The first-order valence-electron chi connectivity index (χ1n) is 6.65. The number of nitrogens with two attached hydrogens (primary N) is 1. The van der Waals surface area contributed by atoms with Crippen LogP contribution >= 0.6 is 11.6 Å². The van der Waals surface area contributed by atoms with Crippen LogP contribution in [0.3, 0.4) is 0 Å². The van der Waals surface area contributed by atoms with Crippen molar-refractivity contribution in [3.8, 4) is 0 Å². The van der Waals surface area contributed by atoms with Crippen molar-refractivity contribution in [1.29, 1.82) is 0 Å². The molecule has 1 unspecified atom stereocenters. The molecule has 0 saturated heterocycles. The Morgan fingerprint density at radius 1 is 1.39 bits per heavy atom. The molecule has 2 aromatic rings. The number of hydrogen-bond acceptors (Lipinski definition) is 8. The largest absolute Gasteiger partial charge is 0.390 e. The Hall–Kier alpha value is -2.49. The predicted octanol–water partition coefficient (Wildman–Crippen LogP) is 1.51. The number of benzene rings is 1. The first-order valence-corrected chi connectivity index (χ1v) is 7.03. The van der Waals surface area contributed by atoms with Crippen LogP contribution in [-0.4, -0.2) is 39.2 Å². The summed E-state index contributed by atoms with van der Waals surface area (Å²) >= 11 is 5.80. The van der Waals surface area contributed by atoms with Crippen molar-refractivity contribution in [3.05, 3.63) is 45.6 Å². The third-order valence-electron chi connectivity index (χ3n) is 2.84. The number of nitrogens with zero attached hydrogens (tertiary/aromatic N) is 3. The van der Waals surface area contributed by atoms with Crippen molar-refractivity contribution in [1.82, 2.24) is 9.97 Å². The van der Waals surface area contributed by atoms with Gasteiger partial charge in [0.05, 0.1) is 11.0 Å². The van der Waals surface area contributed by atoms with Crippen LogP contribution in [0, 0.1) is 10.1 Å². The molecule has 1 aromatic heterocycles. The summed E-state index contributed by atoms with van der Waals surface area (Å²) in [6, 6.07) is 6.81. The van der Waals surface area contributed by atoms with E-state index < -0.39 is 11.0 Å². The Kier molecular flexibility index (Phi) is 5.63. The maximum Gasteiger partial charge on any atom is 0.329 e. The van der Waals surface area contributed by atoms with Crippen molar-refractivity contribution >= 4 is 34.7 Å². The smallest absolute Gasteiger partial charge is 0.329 e. The lowest BCUT2D eigenvalue weighted by molar-refractivity contribution is -0.384. The number of rotatable bonds is 7. The summed E-state index contributed by atoms with van der Waals surface area (Å²) in [6.07, 6.45) is 0.250. The molecule has 0 aliphatic carbocycles. The monoisotopic (exact) mass is 338 g/mol. The number of nitrogens with one attached hydrogen (secondary N) is 2. The van der Waals surface area contributed by atoms with E-state index >= 15 is 0 Å². The van der Waals surface area contributed by atoms with Crippen LogP contribution in [0.25, 0.3) is 0 Å². The topological polar surface area (TPSA) is 139 Å². The van der Waals surface area contributed by atoms with Crippen LogP contribution in [0.5, 0.6) is 0 Å². The van der Waals surface area contributed by atoms with Crippen molar-refractivity contribution < 1.29 is 10.0 Å². The number of halogens is 1. The number of aliphatic hydroxyl groups is 1. The molecule has 0 spiro atoms. The molecule has 122 valence electrons. The molecule has 9 nitrogen and oxygen atoms in total. The highest BCUT2D eigenvalue weighted by Crippen LogP contribution is 2.24. The zero-order valence-corrected chi connectivity index (χ0v) is 12.7. The summed E-state index contributed by atoms with van der Waals surface area (Å²) in [5.41, 5.74) is 5.68. The first kappa shape index (κ1) is 16.9. The highest BCUT2D eigenvalue weighted by atomic mass is 35.5. The lowest BCUT2D eigenvalue weighted by atomic mass is 10.3. The molecule has 0 fully saturated rings. The van der Waals surface area contributed by atoms with Crippen molar-refractivity contribution in [2.75, 3.05) is 23.7 Å². The second-order valence-electron chi connectivity index (χ2n) is 4.59. The van der Waals surface area contributed by atoms with Crippen LogP contribution in [0.4, 0.5) is 23.1 Å². The molecule has 2 rings (SSSR count). The fourth-order valence-electron chi connectivity index (χ4n) is 1.66. The first-order chi connectivity index (χ1) is 11.0. The summed E-state index contributed by atoms with van der Waals surface area (Å²) < 4.78 is 0. The lowest BCUT2D eigenvalue weighted by Crippen LogP contribution is -2.28. The van der Waals surface area contributed by atoms with Gasteiger partial charge in [-0.3, -0.25) is 10.1 Å². The van der Waals surface area contributed by atoms with E-state index in [4.69, 9.17) is 17.3 Å². The van der Waals surface area contributed by atoms with E-state index in [1.165, 1.54) is 0 Å². The van der Waals surface area contributed by atoms with Gasteiger partial charge in [-0.05, 0) is 24.3 Å². The number of aromatic nitrogens is 2. The van der Waals surface area contributed by atoms with Gasteiger partial charge < -0.3 is 21.5 Å². The number of hydrogen-bond donors (Lipinski definition) is 4. The van der Waals surface area contributed by atoms with Crippen molar-refractivity contribution in [2.24, 2.45) is 5.73 Å². The summed E-state index contributed by atoms with van der Waals surface area (Å²) in [7, 11) is 0. The van der Waals surface area contributed by atoms with Crippen LogP contribution < -0.4 is 16.4 Å². The zero-order valence-electron chi connectivity index (χ0n) is 11.9. The van der Waals surface area contributed by atoms with E-state index in [-0.39, 0.29) is 30.5 Å². The van der Waals surface area contributed by atoms with E-state index in [1.54, 1.807) is 24.3 Å². The van der Waals surface area contributed by atoms with Gasteiger partial charge in [0, 0.05) is 23.8 Å². The minimum atomic E-state index is -0.836. The fraction of sp³-hybridized carbons (Fsp3) is 0.231. The van der Waals surface area contributed by atoms with E-state index in [0.717, 1.165) is 6.20 Å². The Morgan fingerprint density at radius 3 is 2.70 bits per heavy atom. The fourth-order valence-corrected chi connectivity index (χ4v) is 1.79. The highest BCUT2D eigenvalue weighted by Gasteiger charge is 2.18. The summed E-state index contributed by atoms with van der Waals surface area (Å²) in [6.45, 7) is 0.0660. The van der Waals surface area contributed by atoms with Gasteiger partial charge in [-0.15, -0.1) is 0 Å². The maximum atomic E-state index is 11.0. The van der Waals surface area contributed by atoms with Gasteiger partial charge in [-0.2, -0.15) is 4.98 Å². The molecule has 1 aromatic carbocycles. The third kappa shape index (κ3) is 4.74. The third-order valence-corrected chi connectivity index (χ3v) is 3.10. The molecule has 1 heterocycles. The van der Waals surface area contributed by atoms with Gasteiger partial charge in [-0.1, -0.05) is 11.6 Å². The van der Waals surface area contributed by atoms with Gasteiger partial charge in [0.25, 0.3) is 0 Å². The van der Waals surface area contributed by atoms with E-state index in [0.29, 0.717) is 10.7 Å². The molecule has 0 radical (unpaired) electrons. The van der Waals surface area contributed by atoms with Crippen LogP contribution in [-0.2, 0) is 0 Å². The Bertz CT molecular complexity index is 682. The molecular formula is C13H15ClN6O3. The summed E-state index contributed by atoms with van der Waals surface area (Å²) in [4.78, 5) is 18.4. The molecule has 0 amide bonds. The average Bonchev–Trinajstić information content (AvgIpc) is 2.54. The summed E-state index contributed by atoms with van der Waals surface area (Å²) in [5, 5.41) is 26.6. The van der Waals surface area contributed by atoms with Gasteiger partial charge in [-0.25, -0.2) is 4.98 Å². The molecule has 0 aliphatic heterocycles. The molecule has 23 heavy (non-hydrogen) atoms. The number of anilines is 3. The maximum absolute atomic E-state index is 11.0. The molecular weight excluding hydrogens is 324 g/mol. The Balaban J connectivity index is 2.20. The van der Waals surface area contributed by atoms with E-state index in [1.807, 2.05) is 0 Å². The highest BCUT2D eigenvalue weighted by molar-refractivity contribution is 6.30. The summed E-state index contributed by atoms with van der Waals surface area (Å²) in [5.74, 6) is 0.164. The average molecular weight is 339 g/mol.